The molecule has 0 amide bonds. The van der Waals surface area contributed by atoms with Gasteiger partial charge in [0.05, 0.1) is 6.61 Å². The summed E-state index contributed by atoms with van der Waals surface area (Å²) in [6, 6.07) is 12.1. The Bertz CT molecular complexity index is 638. The van der Waals surface area contributed by atoms with Crippen LogP contribution in [-0.2, 0) is 13.0 Å². The molecule has 21 heavy (non-hydrogen) atoms. The SMILES string of the molecule is CC(N)c1ccc(OCc2cc(Br)cc3c2OCC3)cc1. The van der Waals surface area contributed by atoms with Crippen molar-refractivity contribution in [2.24, 2.45) is 5.73 Å². The maximum Gasteiger partial charge on any atom is 0.129 e. The van der Waals surface area contributed by atoms with Crippen LogP contribution in [-0.4, -0.2) is 6.61 Å². The van der Waals surface area contributed by atoms with E-state index < -0.39 is 0 Å². The van der Waals surface area contributed by atoms with E-state index >= 15 is 0 Å². The van der Waals surface area contributed by atoms with E-state index in [1.54, 1.807) is 0 Å². The highest BCUT2D eigenvalue weighted by molar-refractivity contribution is 9.10. The summed E-state index contributed by atoms with van der Waals surface area (Å²) in [5, 5.41) is 0. The van der Waals surface area contributed by atoms with Gasteiger partial charge in [-0.3, -0.25) is 0 Å². The van der Waals surface area contributed by atoms with Crippen LogP contribution in [0.15, 0.2) is 40.9 Å². The number of hydrogen-bond donors (Lipinski definition) is 1. The summed E-state index contributed by atoms with van der Waals surface area (Å²) in [6.07, 6.45) is 0.963. The minimum absolute atomic E-state index is 0.0424. The Balaban J connectivity index is 1.73. The van der Waals surface area contributed by atoms with Crippen LogP contribution < -0.4 is 15.2 Å². The van der Waals surface area contributed by atoms with Crippen LogP contribution >= 0.6 is 15.9 Å². The molecule has 0 saturated carbocycles. The van der Waals surface area contributed by atoms with Gasteiger partial charge in [0.15, 0.2) is 0 Å². The first kappa shape index (κ1) is 14.4. The summed E-state index contributed by atoms with van der Waals surface area (Å²) in [5.41, 5.74) is 9.27. The van der Waals surface area contributed by atoms with Gasteiger partial charge in [-0.05, 0) is 42.3 Å². The van der Waals surface area contributed by atoms with Crippen molar-refractivity contribution < 1.29 is 9.47 Å². The molecule has 0 radical (unpaired) electrons. The predicted octanol–water partition coefficient (Wildman–Crippen LogP) is 3.98. The Hall–Kier alpha value is -1.52. The predicted molar refractivity (Wildman–Crippen MR) is 86.7 cm³/mol. The fraction of sp³-hybridized carbons (Fsp3) is 0.294. The van der Waals surface area contributed by atoms with E-state index in [4.69, 9.17) is 15.2 Å². The molecule has 0 fully saturated rings. The Morgan fingerprint density at radius 3 is 2.76 bits per heavy atom. The topological polar surface area (TPSA) is 44.5 Å². The maximum absolute atomic E-state index is 5.87. The van der Waals surface area contributed by atoms with Crippen LogP contribution in [0.4, 0.5) is 0 Å². The molecule has 1 unspecified atom stereocenters. The first-order valence-corrected chi connectivity index (χ1v) is 7.85. The molecule has 1 atom stereocenters. The molecule has 1 heterocycles. The summed E-state index contributed by atoms with van der Waals surface area (Å²) in [6.45, 7) is 3.22. The third-order valence-corrected chi connectivity index (χ3v) is 4.08. The summed E-state index contributed by atoms with van der Waals surface area (Å²) >= 11 is 3.54. The van der Waals surface area contributed by atoms with Gasteiger partial charge >= 0.3 is 0 Å². The first-order chi connectivity index (χ1) is 10.1. The Morgan fingerprint density at radius 1 is 1.29 bits per heavy atom. The highest BCUT2D eigenvalue weighted by atomic mass is 79.9. The Kier molecular flexibility index (Phi) is 4.17. The molecule has 2 N–H and O–H groups in total. The lowest BCUT2D eigenvalue weighted by Gasteiger charge is -2.12. The van der Waals surface area contributed by atoms with E-state index in [9.17, 15) is 0 Å². The highest BCUT2D eigenvalue weighted by Crippen LogP contribution is 2.33. The normalized spacial score (nSPS) is 14.4. The smallest absolute Gasteiger partial charge is 0.129 e. The molecule has 0 saturated heterocycles. The van der Waals surface area contributed by atoms with Crippen LogP contribution in [0.2, 0.25) is 0 Å². The monoisotopic (exact) mass is 347 g/mol. The van der Waals surface area contributed by atoms with E-state index in [1.165, 1.54) is 5.56 Å². The van der Waals surface area contributed by atoms with Crippen LogP contribution in [0.25, 0.3) is 0 Å². The summed E-state index contributed by atoms with van der Waals surface area (Å²) in [4.78, 5) is 0. The van der Waals surface area contributed by atoms with E-state index in [0.717, 1.165) is 40.1 Å². The van der Waals surface area contributed by atoms with Gasteiger partial charge in [-0.1, -0.05) is 28.1 Å². The first-order valence-electron chi connectivity index (χ1n) is 7.06. The molecule has 0 aliphatic carbocycles. The summed E-state index contributed by atoms with van der Waals surface area (Å²) < 4.78 is 12.6. The number of rotatable bonds is 4. The Morgan fingerprint density at radius 2 is 2.05 bits per heavy atom. The van der Waals surface area contributed by atoms with Crippen molar-refractivity contribution in [3.05, 3.63) is 57.6 Å². The third-order valence-electron chi connectivity index (χ3n) is 3.63. The lowest BCUT2D eigenvalue weighted by atomic mass is 10.1. The van der Waals surface area contributed by atoms with Gasteiger partial charge in [0.2, 0.25) is 0 Å². The molecule has 2 aromatic carbocycles. The lowest BCUT2D eigenvalue weighted by molar-refractivity contribution is 0.291. The van der Waals surface area contributed by atoms with Crippen molar-refractivity contribution in [2.75, 3.05) is 6.61 Å². The van der Waals surface area contributed by atoms with Gasteiger partial charge in [0.1, 0.15) is 18.1 Å². The fourth-order valence-corrected chi connectivity index (χ4v) is 3.03. The van der Waals surface area contributed by atoms with Gasteiger partial charge in [0, 0.05) is 22.5 Å². The van der Waals surface area contributed by atoms with Gasteiger partial charge in [-0.2, -0.15) is 0 Å². The average Bonchev–Trinajstić information content (AvgIpc) is 2.93. The fourth-order valence-electron chi connectivity index (χ4n) is 2.48. The van der Waals surface area contributed by atoms with E-state index in [0.29, 0.717) is 6.61 Å². The average molecular weight is 348 g/mol. The van der Waals surface area contributed by atoms with Crippen LogP contribution in [0, 0.1) is 0 Å². The van der Waals surface area contributed by atoms with Crippen LogP contribution in [0.3, 0.4) is 0 Å². The molecular formula is C17H18BrNO2. The van der Waals surface area contributed by atoms with Crippen molar-refractivity contribution in [3.8, 4) is 11.5 Å². The number of halogens is 1. The number of ether oxygens (including phenoxy) is 2. The van der Waals surface area contributed by atoms with E-state index in [-0.39, 0.29) is 6.04 Å². The third kappa shape index (κ3) is 3.22. The van der Waals surface area contributed by atoms with Gasteiger partial charge in [-0.15, -0.1) is 0 Å². The molecule has 1 aliphatic rings. The van der Waals surface area contributed by atoms with Crippen LogP contribution in [0.5, 0.6) is 11.5 Å². The lowest BCUT2D eigenvalue weighted by Crippen LogP contribution is -2.04. The second kappa shape index (κ2) is 6.08. The van der Waals surface area contributed by atoms with Gasteiger partial charge < -0.3 is 15.2 Å². The minimum atomic E-state index is 0.0424. The van der Waals surface area contributed by atoms with Crippen LogP contribution in [0.1, 0.15) is 29.7 Å². The quantitative estimate of drug-likeness (QED) is 0.909. The molecular weight excluding hydrogens is 330 g/mol. The van der Waals surface area contributed by atoms with E-state index in [2.05, 4.69) is 28.1 Å². The van der Waals surface area contributed by atoms with Crippen molar-refractivity contribution in [1.29, 1.82) is 0 Å². The molecule has 2 aromatic rings. The van der Waals surface area contributed by atoms with Crippen molar-refractivity contribution >= 4 is 15.9 Å². The highest BCUT2D eigenvalue weighted by Gasteiger charge is 2.17. The molecule has 0 aromatic heterocycles. The molecule has 110 valence electrons. The minimum Gasteiger partial charge on any atom is -0.493 e. The molecule has 1 aliphatic heterocycles. The zero-order valence-corrected chi connectivity index (χ0v) is 13.5. The molecule has 0 spiro atoms. The summed E-state index contributed by atoms with van der Waals surface area (Å²) in [7, 11) is 0. The molecule has 0 bridgehead atoms. The van der Waals surface area contributed by atoms with Crippen molar-refractivity contribution in [3.63, 3.8) is 0 Å². The largest absolute Gasteiger partial charge is 0.493 e. The van der Waals surface area contributed by atoms with Crippen molar-refractivity contribution in [2.45, 2.75) is 26.0 Å². The second-order valence-corrected chi connectivity index (χ2v) is 6.21. The Labute approximate surface area is 133 Å². The zero-order valence-electron chi connectivity index (χ0n) is 11.9. The number of hydrogen-bond acceptors (Lipinski definition) is 3. The van der Waals surface area contributed by atoms with Gasteiger partial charge in [-0.25, -0.2) is 0 Å². The number of fused-ring (bicyclic) bond motifs is 1. The molecule has 3 rings (SSSR count). The molecule has 3 nitrogen and oxygen atoms in total. The van der Waals surface area contributed by atoms with Gasteiger partial charge in [0.25, 0.3) is 0 Å². The zero-order chi connectivity index (χ0) is 14.8. The second-order valence-electron chi connectivity index (χ2n) is 5.30. The summed E-state index contributed by atoms with van der Waals surface area (Å²) in [5.74, 6) is 1.82. The van der Waals surface area contributed by atoms with Crippen molar-refractivity contribution in [1.82, 2.24) is 0 Å². The molecule has 4 heteroatoms. The number of benzene rings is 2. The van der Waals surface area contributed by atoms with E-state index in [1.807, 2.05) is 31.2 Å². The number of nitrogens with two attached hydrogens (primary N) is 1. The maximum atomic E-state index is 5.87. The standard InChI is InChI=1S/C17H18BrNO2/c1-11(19)12-2-4-16(5-3-12)21-10-14-9-15(18)8-13-6-7-20-17(13)14/h2-5,8-9,11H,6-7,10,19H2,1H3.